The van der Waals surface area contributed by atoms with E-state index in [1.54, 1.807) is 12.1 Å². The summed E-state index contributed by atoms with van der Waals surface area (Å²) < 4.78 is 166. The SMILES string of the molecule is [2H]c1c(-c2nc(-n3c4ccccc4c4cc5ccccc5cc43)nc3ccccc23)c([2H])c2c(oc3c([2H])c4c([2H])c([2H])c([2H])c([2H])c4c([2H])c32)c1[2H].[2H]c1c(-c2nc(-n3c4ccccc4c4cc5ccccc5cc43)nc3ccccc23)c([2H])c2c(oc3c2cc([2H])c2c([2H])c([2H])c([2H])c([2H])c23)c1[2H]. The lowest BCUT2D eigenvalue weighted by atomic mass is 10.0. The lowest BCUT2D eigenvalue weighted by molar-refractivity contribution is 0.669. The second-order valence-electron chi connectivity index (χ2n) is 21.5. The molecule has 0 aliphatic rings. The van der Waals surface area contributed by atoms with Crippen molar-refractivity contribution in [2.24, 2.45) is 0 Å². The van der Waals surface area contributed by atoms with Crippen molar-refractivity contribution in [3.8, 4) is 34.4 Å². The van der Waals surface area contributed by atoms with Crippen molar-refractivity contribution in [1.29, 1.82) is 0 Å². The van der Waals surface area contributed by atoms with Crippen LogP contribution in [0.1, 0.15) is 23.3 Å². The topological polar surface area (TPSA) is 87.7 Å². The molecule has 6 aromatic heterocycles. The predicted octanol–water partition coefficient (Wildman–Crippen LogP) is 21.2. The number of fused-ring (bicyclic) bond motifs is 19. The molecule has 0 unspecified atom stereocenters. The average molecular weight is 1140 g/mol. The zero-order chi connectivity index (χ0) is 72.3. The summed E-state index contributed by atoms with van der Waals surface area (Å²) in [6, 6.07) is 50.2. The number of nitrogens with zero attached hydrogens (tertiary/aromatic N) is 6. The first-order valence-electron chi connectivity index (χ1n) is 36.8. The minimum Gasteiger partial charge on any atom is -0.456 e. The highest BCUT2D eigenvalue weighted by atomic mass is 16.3. The molecule has 8 nitrogen and oxygen atoms in total. The molecular formula is C80H46N6O2. The maximum Gasteiger partial charge on any atom is 0.235 e. The van der Waals surface area contributed by atoms with Gasteiger partial charge in [-0.2, -0.15) is 0 Å². The number of benzene rings is 14. The van der Waals surface area contributed by atoms with Crippen molar-refractivity contribution in [3.63, 3.8) is 0 Å². The fourth-order valence-electron chi connectivity index (χ4n) is 12.5. The smallest absolute Gasteiger partial charge is 0.235 e. The van der Waals surface area contributed by atoms with Gasteiger partial charge in [0.1, 0.15) is 22.3 Å². The average Bonchev–Trinajstić information content (AvgIpc) is 1.60. The van der Waals surface area contributed by atoms with Crippen LogP contribution in [0.5, 0.6) is 0 Å². The van der Waals surface area contributed by atoms with Gasteiger partial charge < -0.3 is 8.83 Å². The van der Waals surface area contributed by atoms with Crippen molar-refractivity contribution in [2.75, 3.05) is 0 Å². The van der Waals surface area contributed by atoms with Crippen LogP contribution in [-0.2, 0) is 0 Å². The number of furan rings is 2. The van der Waals surface area contributed by atoms with Gasteiger partial charge in [-0.1, -0.05) is 176 Å². The van der Waals surface area contributed by atoms with E-state index in [0.717, 1.165) is 65.2 Å². The molecule has 88 heavy (non-hydrogen) atoms. The van der Waals surface area contributed by atoms with E-state index >= 15 is 0 Å². The third-order valence-corrected chi connectivity index (χ3v) is 16.5. The number of aromatic nitrogens is 6. The maximum atomic E-state index is 9.61. The van der Waals surface area contributed by atoms with Crippen LogP contribution in [0, 0.1) is 0 Å². The largest absolute Gasteiger partial charge is 0.456 e. The summed E-state index contributed by atoms with van der Waals surface area (Å²) >= 11 is 0. The monoisotopic (exact) mass is 1140 g/mol. The van der Waals surface area contributed by atoms with Crippen molar-refractivity contribution in [1.82, 2.24) is 29.1 Å². The van der Waals surface area contributed by atoms with Crippen LogP contribution < -0.4 is 0 Å². The van der Waals surface area contributed by atoms with Gasteiger partial charge in [-0.15, -0.1) is 0 Å². The summed E-state index contributed by atoms with van der Waals surface area (Å²) in [7, 11) is 0. The highest BCUT2D eigenvalue weighted by molar-refractivity contribution is 6.18. The van der Waals surface area contributed by atoms with Gasteiger partial charge >= 0.3 is 0 Å². The Morgan fingerprint density at radius 3 is 1.32 bits per heavy atom. The van der Waals surface area contributed by atoms with Gasteiger partial charge in [-0.3, -0.25) is 9.13 Å². The van der Waals surface area contributed by atoms with Gasteiger partial charge in [0.2, 0.25) is 11.9 Å². The minimum absolute atomic E-state index is 0.00254. The fraction of sp³-hybridized carbons (Fsp3) is 0. The van der Waals surface area contributed by atoms with Gasteiger partial charge in [0, 0.05) is 70.4 Å². The molecule has 14 aromatic carbocycles. The Balaban J connectivity index is 0.000000144. The molecule has 0 fully saturated rings. The standard InChI is InChI=1S/2C40H23N3O/c1-3-11-26-22-36-31(19-24(26)9-1)29-13-6-8-16-35(29)43(36)40-41-34-15-7-5-14-30(34)39(42-40)28-17-18-37-32(21-28)33-20-25-10-2-4-12-27(25)23-38(33)44-37;1-2-11-26-23-36-32(21-25(26)10-1)29-13-6-8-16-35(29)43(36)40-41-34-15-7-5-14-31(34)38(42-40)27-18-20-37-33(22-27)30-19-17-24-9-3-4-12-28(24)39(30)44-37/h2*1-23H/i2D,4D,10D,12D,17D,18D,20D,21D,23D;3D,4D,9D,12D,17D,18D,20D,22D. The minimum atomic E-state index is -0.554. The molecule has 6 heterocycles. The summed E-state index contributed by atoms with van der Waals surface area (Å²) in [5.74, 6) is 0.618. The van der Waals surface area contributed by atoms with E-state index in [9.17, 15) is 6.85 Å². The molecule has 0 saturated carbocycles. The van der Waals surface area contributed by atoms with E-state index in [0.29, 0.717) is 33.7 Å². The first-order chi connectivity index (χ1) is 50.7. The summed E-state index contributed by atoms with van der Waals surface area (Å²) in [6.45, 7) is 0. The highest BCUT2D eigenvalue weighted by Gasteiger charge is 2.22. The van der Waals surface area contributed by atoms with Crippen LogP contribution >= 0.6 is 0 Å². The molecule has 0 spiro atoms. The van der Waals surface area contributed by atoms with Crippen molar-refractivity contribution >= 4 is 152 Å². The Morgan fingerprint density at radius 2 is 0.739 bits per heavy atom. The third-order valence-electron chi connectivity index (χ3n) is 16.5. The maximum absolute atomic E-state index is 9.61. The van der Waals surface area contributed by atoms with Gasteiger partial charge in [-0.25, -0.2) is 19.9 Å². The van der Waals surface area contributed by atoms with E-state index in [-0.39, 0.29) is 142 Å². The number of hydrogen-bond donors (Lipinski definition) is 0. The predicted molar refractivity (Wildman–Crippen MR) is 363 cm³/mol. The molecule has 0 aliphatic heterocycles. The number of para-hydroxylation sites is 4. The van der Waals surface area contributed by atoms with E-state index < -0.39 is 48.3 Å². The van der Waals surface area contributed by atoms with Gasteiger partial charge in [-0.05, 0) is 141 Å². The van der Waals surface area contributed by atoms with E-state index in [1.807, 2.05) is 118 Å². The van der Waals surface area contributed by atoms with Crippen LogP contribution in [-0.4, -0.2) is 29.1 Å². The lowest BCUT2D eigenvalue weighted by Gasteiger charge is -2.12. The highest BCUT2D eigenvalue weighted by Crippen LogP contribution is 2.42. The van der Waals surface area contributed by atoms with Crippen molar-refractivity contribution in [2.45, 2.75) is 0 Å². The second-order valence-corrected chi connectivity index (χ2v) is 21.5. The summed E-state index contributed by atoms with van der Waals surface area (Å²) in [6.07, 6.45) is 0. The fourth-order valence-corrected chi connectivity index (χ4v) is 12.5. The van der Waals surface area contributed by atoms with Crippen molar-refractivity contribution < 1.29 is 32.1 Å². The molecule has 0 N–H and O–H groups in total. The Bertz CT molecular complexity index is 7410. The summed E-state index contributed by atoms with van der Waals surface area (Å²) in [5.41, 5.74) is 4.71. The lowest BCUT2D eigenvalue weighted by Crippen LogP contribution is -2.03. The molecule has 0 amide bonds. The van der Waals surface area contributed by atoms with Crippen LogP contribution in [0.25, 0.3) is 187 Å². The van der Waals surface area contributed by atoms with Crippen LogP contribution in [0.4, 0.5) is 0 Å². The quantitative estimate of drug-likeness (QED) is 0.174. The first-order valence-corrected chi connectivity index (χ1v) is 28.3. The Morgan fingerprint density at radius 1 is 0.284 bits per heavy atom. The Kier molecular flexibility index (Phi) is 7.39. The molecule has 0 atom stereocenters. The van der Waals surface area contributed by atoms with Crippen LogP contribution in [0.15, 0.2) is 287 Å². The zero-order valence-electron chi connectivity index (χ0n) is 62.7. The molecule has 0 radical (unpaired) electrons. The van der Waals surface area contributed by atoms with E-state index in [1.165, 1.54) is 6.07 Å². The van der Waals surface area contributed by atoms with E-state index in [4.69, 9.17) is 45.2 Å². The summed E-state index contributed by atoms with van der Waals surface area (Å²) in [4.78, 5) is 20.2. The molecule has 20 rings (SSSR count). The van der Waals surface area contributed by atoms with Gasteiger partial charge in [0.05, 0.1) is 67.8 Å². The molecule has 0 bridgehead atoms. The zero-order valence-corrected chi connectivity index (χ0v) is 45.7. The molecule has 0 aliphatic carbocycles. The molecule has 0 saturated heterocycles. The molecule has 408 valence electrons. The van der Waals surface area contributed by atoms with Crippen molar-refractivity contribution in [3.05, 3.63) is 279 Å². The first kappa shape index (κ1) is 34.7. The Labute approximate surface area is 524 Å². The van der Waals surface area contributed by atoms with Crippen LogP contribution in [0.2, 0.25) is 0 Å². The van der Waals surface area contributed by atoms with Crippen LogP contribution in [0.3, 0.4) is 0 Å². The Hall–Kier alpha value is -12.0. The third kappa shape index (κ3) is 7.39. The molecule has 8 heteroatoms. The van der Waals surface area contributed by atoms with Gasteiger partial charge in [0.25, 0.3) is 0 Å². The molecule has 20 aromatic rings. The van der Waals surface area contributed by atoms with E-state index in [2.05, 4.69) is 48.5 Å². The van der Waals surface area contributed by atoms with Gasteiger partial charge in [0.15, 0.2) is 0 Å². The summed E-state index contributed by atoms with van der Waals surface area (Å²) in [5, 5.41) is 9.30. The number of rotatable bonds is 4. The molecular weight excluding hydrogens is 1080 g/mol. The number of hydrogen-bond acceptors (Lipinski definition) is 6. The second kappa shape index (κ2) is 18.7. The normalized spacial score (nSPS) is 14.8.